The molecule has 1 aromatic heterocycles. The molecular weight excluding hydrogens is 288 g/mol. The monoisotopic (exact) mass is 316 g/mol. The van der Waals surface area contributed by atoms with Gasteiger partial charge in [-0.1, -0.05) is 20.8 Å². The van der Waals surface area contributed by atoms with E-state index in [1.165, 1.54) is 4.31 Å². The normalized spacial score (nSPS) is 13.1. The zero-order chi connectivity index (χ0) is 16.3. The van der Waals surface area contributed by atoms with Crippen LogP contribution in [0.4, 0.5) is 0 Å². The number of imidazole rings is 1. The highest BCUT2D eigenvalue weighted by Gasteiger charge is 2.39. The Morgan fingerprint density at radius 1 is 1.33 bits per heavy atom. The van der Waals surface area contributed by atoms with Crippen molar-refractivity contribution in [2.45, 2.75) is 64.1 Å². The van der Waals surface area contributed by atoms with Crippen molar-refractivity contribution in [3.05, 3.63) is 12.0 Å². The van der Waals surface area contributed by atoms with Crippen molar-refractivity contribution in [3.8, 4) is 0 Å². The maximum absolute atomic E-state index is 12.8. The van der Waals surface area contributed by atoms with Gasteiger partial charge in [-0.3, -0.25) is 0 Å². The number of hydrogen-bond acceptors (Lipinski definition) is 4. The minimum Gasteiger partial charge on any atom is -0.334 e. The van der Waals surface area contributed by atoms with E-state index in [0.29, 0.717) is 19.4 Å². The van der Waals surface area contributed by atoms with Gasteiger partial charge in [-0.05, 0) is 26.2 Å². The van der Waals surface area contributed by atoms with Crippen molar-refractivity contribution >= 4 is 10.0 Å². The Hall–Kier alpha value is -0.920. The van der Waals surface area contributed by atoms with Crippen molar-refractivity contribution < 1.29 is 8.42 Å². The summed E-state index contributed by atoms with van der Waals surface area (Å²) in [5.74, 6) is 0.718. The minimum atomic E-state index is -3.63. The standard InChI is InChI=1S/C14H28N4O2S/c1-6-9-18-10-13(16-12(18)4)21(19,20)17(5)14(7-2,8-3)11-15/h10H,6-9,11,15H2,1-5H3. The predicted molar refractivity (Wildman–Crippen MR) is 84.6 cm³/mol. The number of nitrogens with two attached hydrogens (primary N) is 1. The van der Waals surface area contributed by atoms with Crippen LogP contribution in [-0.2, 0) is 16.6 Å². The lowest BCUT2D eigenvalue weighted by molar-refractivity contribution is 0.207. The highest BCUT2D eigenvalue weighted by molar-refractivity contribution is 7.89. The molecule has 0 bridgehead atoms. The quantitative estimate of drug-likeness (QED) is 0.792. The number of aromatic nitrogens is 2. The molecule has 7 heteroatoms. The van der Waals surface area contributed by atoms with E-state index in [-0.39, 0.29) is 5.03 Å². The summed E-state index contributed by atoms with van der Waals surface area (Å²) in [6, 6.07) is 0. The first-order chi connectivity index (χ1) is 9.78. The first-order valence-corrected chi connectivity index (χ1v) is 8.96. The van der Waals surface area contributed by atoms with Gasteiger partial charge in [0.05, 0.1) is 0 Å². The van der Waals surface area contributed by atoms with Gasteiger partial charge in [-0.2, -0.15) is 4.31 Å². The van der Waals surface area contributed by atoms with E-state index in [4.69, 9.17) is 5.73 Å². The lowest BCUT2D eigenvalue weighted by Crippen LogP contribution is -2.53. The highest BCUT2D eigenvalue weighted by Crippen LogP contribution is 2.27. The second kappa shape index (κ2) is 6.89. The maximum atomic E-state index is 12.8. The number of rotatable bonds is 8. The average Bonchev–Trinajstić information content (AvgIpc) is 2.84. The second-order valence-electron chi connectivity index (χ2n) is 5.43. The van der Waals surface area contributed by atoms with Gasteiger partial charge in [0.15, 0.2) is 5.03 Å². The Morgan fingerprint density at radius 2 is 1.90 bits per heavy atom. The van der Waals surface area contributed by atoms with E-state index >= 15 is 0 Å². The summed E-state index contributed by atoms with van der Waals surface area (Å²) in [6.07, 6.45) is 3.90. The zero-order valence-corrected chi connectivity index (χ0v) is 14.6. The molecule has 0 radical (unpaired) electrons. The summed E-state index contributed by atoms with van der Waals surface area (Å²) in [7, 11) is -2.03. The molecule has 0 atom stereocenters. The Morgan fingerprint density at radius 3 is 2.33 bits per heavy atom. The first-order valence-electron chi connectivity index (χ1n) is 7.52. The smallest absolute Gasteiger partial charge is 0.262 e. The molecule has 1 aromatic rings. The maximum Gasteiger partial charge on any atom is 0.262 e. The molecule has 0 aliphatic heterocycles. The summed E-state index contributed by atoms with van der Waals surface area (Å²) < 4.78 is 28.9. The molecule has 0 unspecified atom stereocenters. The van der Waals surface area contributed by atoms with Crippen molar-refractivity contribution in [1.29, 1.82) is 0 Å². The average molecular weight is 316 g/mol. The molecule has 0 saturated heterocycles. The van der Waals surface area contributed by atoms with Crippen LogP contribution in [0.3, 0.4) is 0 Å². The number of aryl methyl sites for hydroxylation is 2. The first kappa shape index (κ1) is 18.1. The third-order valence-corrected chi connectivity index (χ3v) is 6.24. The van der Waals surface area contributed by atoms with Crippen molar-refractivity contribution in [1.82, 2.24) is 13.9 Å². The molecule has 1 rings (SSSR count). The summed E-state index contributed by atoms with van der Waals surface area (Å²) in [5, 5.41) is 0.107. The molecule has 0 fully saturated rings. The molecule has 21 heavy (non-hydrogen) atoms. The number of sulfonamides is 1. The van der Waals surface area contributed by atoms with Crippen LogP contribution in [0.25, 0.3) is 0 Å². The van der Waals surface area contributed by atoms with Crippen molar-refractivity contribution in [2.75, 3.05) is 13.6 Å². The molecule has 0 aliphatic carbocycles. The highest BCUT2D eigenvalue weighted by atomic mass is 32.2. The lowest BCUT2D eigenvalue weighted by Gasteiger charge is -2.38. The SMILES string of the molecule is CCCn1cc(S(=O)(=O)N(C)C(CC)(CC)CN)nc1C. The van der Waals surface area contributed by atoms with Gasteiger partial charge >= 0.3 is 0 Å². The third-order valence-electron chi connectivity index (χ3n) is 4.41. The van der Waals surface area contributed by atoms with E-state index in [9.17, 15) is 8.42 Å². The molecule has 122 valence electrons. The molecule has 6 nitrogen and oxygen atoms in total. The Kier molecular flexibility index (Phi) is 5.95. The van der Waals surface area contributed by atoms with Crippen molar-refractivity contribution in [3.63, 3.8) is 0 Å². The summed E-state index contributed by atoms with van der Waals surface area (Å²) in [5.41, 5.74) is 5.30. The van der Waals surface area contributed by atoms with Gasteiger partial charge in [0.25, 0.3) is 10.0 Å². The van der Waals surface area contributed by atoms with Crippen LogP contribution in [0.2, 0.25) is 0 Å². The van der Waals surface area contributed by atoms with Gasteiger partial charge in [-0.15, -0.1) is 0 Å². The Bertz CT molecular complexity index is 553. The molecular formula is C14H28N4O2S. The molecule has 0 saturated carbocycles. The van der Waals surface area contributed by atoms with Crippen molar-refractivity contribution in [2.24, 2.45) is 5.73 Å². The second-order valence-corrected chi connectivity index (χ2v) is 7.34. The van der Waals surface area contributed by atoms with Crippen LogP contribution >= 0.6 is 0 Å². The van der Waals surface area contributed by atoms with Gasteiger partial charge in [0.1, 0.15) is 5.82 Å². The minimum absolute atomic E-state index is 0.107. The van der Waals surface area contributed by atoms with E-state index in [1.54, 1.807) is 13.2 Å². The molecule has 0 aromatic carbocycles. The van der Waals surface area contributed by atoms with E-state index in [1.807, 2.05) is 32.3 Å². The van der Waals surface area contributed by atoms with Crippen LogP contribution in [0.1, 0.15) is 45.9 Å². The van der Waals surface area contributed by atoms with E-state index in [2.05, 4.69) is 4.98 Å². The molecule has 0 aliphatic rings. The van der Waals surface area contributed by atoms with Gasteiger partial charge in [0, 0.05) is 31.9 Å². The molecule has 1 heterocycles. The summed E-state index contributed by atoms with van der Waals surface area (Å²) in [6.45, 7) is 8.86. The predicted octanol–water partition coefficient (Wildman–Crippen LogP) is 1.74. The van der Waals surface area contributed by atoms with Gasteiger partial charge in [0.2, 0.25) is 0 Å². The summed E-state index contributed by atoms with van der Waals surface area (Å²) in [4.78, 5) is 4.23. The molecule has 0 spiro atoms. The fourth-order valence-electron chi connectivity index (χ4n) is 2.58. The Labute approximate surface area is 128 Å². The largest absolute Gasteiger partial charge is 0.334 e. The van der Waals surface area contributed by atoms with E-state index in [0.717, 1.165) is 18.8 Å². The fourth-order valence-corrected chi connectivity index (χ4v) is 4.21. The van der Waals surface area contributed by atoms with Gasteiger partial charge in [-0.25, -0.2) is 13.4 Å². The van der Waals surface area contributed by atoms with Crippen LogP contribution in [0.5, 0.6) is 0 Å². The van der Waals surface area contributed by atoms with Crippen LogP contribution in [0, 0.1) is 6.92 Å². The Balaban J connectivity index is 3.24. The molecule has 2 N–H and O–H groups in total. The summed E-state index contributed by atoms with van der Waals surface area (Å²) >= 11 is 0. The van der Waals surface area contributed by atoms with Gasteiger partial charge < -0.3 is 10.3 Å². The van der Waals surface area contributed by atoms with Crippen LogP contribution in [-0.4, -0.2) is 41.4 Å². The lowest BCUT2D eigenvalue weighted by atomic mass is 9.93. The van der Waals surface area contributed by atoms with E-state index < -0.39 is 15.6 Å². The topological polar surface area (TPSA) is 81.2 Å². The molecule has 0 amide bonds. The zero-order valence-electron chi connectivity index (χ0n) is 13.8. The van der Waals surface area contributed by atoms with Crippen LogP contribution < -0.4 is 5.73 Å². The number of nitrogens with zero attached hydrogens (tertiary/aromatic N) is 3. The fraction of sp³-hybridized carbons (Fsp3) is 0.786. The third kappa shape index (κ3) is 3.30. The number of likely N-dealkylation sites (N-methyl/N-ethyl adjacent to an activating group) is 1. The van der Waals surface area contributed by atoms with Crippen LogP contribution in [0.15, 0.2) is 11.2 Å². The number of hydrogen-bond donors (Lipinski definition) is 1.